The number of benzene rings is 1. The lowest BCUT2D eigenvalue weighted by Gasteiger charge is -2.14. The van der Waals surface area contributed by atoms with Crippen LogP contribution in [0.15, 0.2) is 28.8 Å². The Bertz CT molecular complexity index is 536. The first-order valence-electron chi connectivity index (χ1n) is 6.87. The quantitative estimate of drug-likeness (QED) is 0.881. The maximum atomic E-state index is 12.9. The highest BCUT2D eigenvalue weighted by Crippen LogP contribution is 2.19. The van der Waals surface area contributed by atoms with Crippen LogP contribution in [0, 0.1) is 17.7 Å². The first kappa shape index (κ1) is 14.7. The Morgan fingerprint density at radius 3 is 2.55 bits per heavy atom. The van der Waals surface area contributed by atoms with Gasteiger partial charge in [0.1, 0.15) is 5.82 Å². The van der Waals surface area contributed by atoms with Crippen LogP contribution in [0.5, 0.6) is 0 Å². The molecule has 1 atom stereocenters. The lowest BCUT2D eigenvalue weighted by molar-refractivity contribution is 0.332. The van der Waals surface area contributed by atoms with Crippen molar-refractivity contribution in [3.8, 4) is 11.4 Å². The summed E-state index contributed by atoms with van der Waals surface area (Å²) in [5.74, 6) is 1.72. The molecule has 1 aromatic carbocycles. The predicted octanol–water partition coefficient (Wildman–Crippen LogP) is 3.04. The summed E-state index contributed by atoms with van der Waals surface area (Å²) >= 11 is 0. The van der Waals surface area contributed by atoms with E-state index in [0.717, 1.165) is 12.0 Å². The van der Waals surface area contributed by atoms with Gasteiger partial charge in [-0.2, -0.15) is 4.98 Å². The Morgan fingerprint density at radius 1 is 1.25 bits per heavy atom. The van der Waals surface area contributed by atoms with E-state index in [1.807, 2.05) is 0 Å². The molecule has 2 rings (SSSR count). The molecule has 0 saturated carbocycles. The Labute approximate surface area is 118 Å². The number of nitrogens with zero attached hydrogens (tertiary/aromatic N) is 2. The van der Waals surface area contributed by atoms with Crippen LogP contribution in [0.3, 0.4) is 0 Å². The number of hydrogen-bond donors (Lipinski definition) is 1. The van der Waals surface area contributed by atoms with Crippen molar-refractivity contribution in [3.05, 3.63) is 36.0 Å². The fourth-order valence-corrected chi connectivity index (χ4v) is 2.23. The Hall–Kier alpha value is -1.75. The van der Waals surface area contributed by atoms with Crippen molar-refractivity contribution in [1.29, 1.82) is 0 Å². The monoisotopic (exact) mass is 277 g/mol. The minimum absolute atomic E-state index is 0.280. The van der Waals surface area contributed by atoms with Gasteiger partial charge >= 0.3 is 0 Å². The van der Waals surface area contributed by atoms with Crippen LogP contribution in [0.1, 0.15) is 26.2 Å². The summed E-state index contributed by atoms with van der Waals surface area (Å²) in [5, 5.41) is 3.93. The number of halogens is 1. The van der Waals surface area contributed by atoms with E-state index < -0.39 is 0 Å². The summed E-state index contributed by atoms with van der Waals surface area (Å²) in [5.41, 5.74) is 6.52. The van der Waals surface area contributed by atoms with Crippen LogP contribution >= 0.6 is 0 Å². The maximum Gasteiger partial charge on any atom is 0.227 e. The molecule has 2 N–H and O–H groups in total. The van der Waals surface area contributed by atoms with Crippen LogP contribution in [0.4, 0.5) is 4.39 Å². The van der Waals surface area contributed by atoms with E-state index in [9.17, 15) is 4.39 Å². The third kappa shape index (κ3) is 3.87. The second kappa shape index (κ2) is 6.61. The lowest BCUT2D eigenvalue weighted by atomic mass is 9.94. The van der Waals surface area contributed by atoms with Crippen LogP contribution in [-0.4, -0.2) is 16.7 Å². The van der Waals surface area contributed by atoms with Gasteiger partial charge in [-0.05, 0) is 49.1 Å². The third-order valence-electron chi connectivity index (χ3n) is 3.17. The molecule has 5 heteroatoms. The molecule has 0 bridgehead atoms. The van der Waals surface area contributed by atoms with Gasteiger partial charge in [0.25, 0.3) is 0 Å². The summed E-state index contributed by atoms with van der Waals surface area (Å²) in [6.45, 7) is 4.94. The van der Waals surface area contributed by atoms with E-state index in [1.165, 1.54) is 12.1 Å². The molecule has 4 nitrogen and oxygen atoms in total. The molecule has 2 aromatic rings. The number of aromatic nitrogens is 2. The Morgan fingerprint density at radius 2 is 1.95 bits per heavy atom. The van der Waals surface area contributed by atoms with Crippen molar-refractivity contribution in [2.75, 3.05) is 6.54 Å². The molecule has 0 amide bonds. The molecule has 0 spiro atoms. The highest BCUT2D eigenvalue weighted by Gasteiger charge is 2.15. The van der Waals surface area contributed by atoms with Crippen molar-refractivity contribution in [2.45, 2.75) is 26.7 Å². The summed E-state index contributed by atoms with van der Waals surface area (Å²) in [4.78, 5) is 4.35. The molecular formula is C15H20FN3O. The molecule has 0 unspecified atom stereocenters. The fourth-order valence-electron chi connectivity index (χ4n) is 2.23. The van der Waals surface area contributed by atoms with Crippen molar-refractivity contribution in [2.24, 2.45) is 17.6 Å². The molecule has 108 valence electrons. The van der Waals surface area contributed by atoms with Gasteiger partial charge in [0.2, 0.25) is 11.7 Å². The lowest BCUT2D eigenvalue weighted by Crippen LogP contribution is -2.19. The van der Waals surface area contributed by atoms with Gasteiger partial charge in [0.15, 0.2) is 0 Å². The van der Waals surface area contributed by atoms with E-state index in [2.05, 4.69) is 24.0 Å². The molecule has 20 heavy (non-hydrogen) atoms. The molecule has 0 aliphatic carbocycles. The van der Waals surface area contributed by atoms with E-state index in [4.69, 9.17) is 10.3 Å². The van der Waals surface area contributed by atoms with Crippen LogP contribution in [-0.2, 0) is 6.42 Å². The SMILES string of the molecule is CC(C)C[C@H](CN)Cc1nc(-c2ccc(F)cc2)no1. The molecule has 0 radical (unpaired) electrons. The molecule has 0 saturated heterocycles. The highest BCUT2D eigenvalue weighted by atomic mass is 19.1. The molecule has 0 aliphatic heterocycles. The zero-order valence-corrected chi connectivity index (χ0v) is 11.8. The average Bonchev–Trinajstić information content (AvgIpc) is 2.87. The van der Waals surface area contributed by atoms with Crippen LogP contribution in [0.25, 0.3) is 11.4 Å². The van der Waals surface area contributed by atoms with Crippen molar-refractivity contribution in [1.82, 2.24) is 10.1 Å². The second-order valence-electron chi connectivity index (χ2n) is 5.45. The first-order chi connectivity index (χ1) is 9.58. The molecule has 1 heterocycles. The van der Waals surface area contributed by atoms with Gasteiger partial charge in [-0.25, -0.2) is 4.39 Å². The minimum atomic E-state index is -0.280. The average molecular weight is 277 g/mol. The standard InChI is InChI=1S/C15H20FN3O/c1-10(2)7-11(9-17)8-14-18-15(19-20-14)12-3-5-13(16)6-4-12/h3-6,10-11H,7-9,17H2,1-2H3/t11-/m0/s1. The van der Waals surface area contributed by atoms with Gasteiger partial charge in [0.05, 0.1) is 0 Å². The number of rotatable bonds is 6. The van der Waals surface area contributed by atoms with Gasteiger partial charge in [-0.1, -0.05) is 19.0 Å². The zero-order chi connectivity index (χ0) is 14.5. The predicted molar refractivity (Wildman–Crippen MR) is 75.4 cm³/mol. The number of nitrogens with two attached hydrogens (primary N) is 1. The fraction of sp³-hybridized carbons (Fsp3) is 0.467. The summed E-state index contributed by atoms with van der Waals surface area (Å²) in [6, 6.07) is 6.04. The van der Waals surface area contributed by atoms with E-state index in [1.54, 1.807) is 12.1 Å². The molecule has 0 aliphatic rings. The summed E-state index contributed by atoms with van der Waals surface area (Å²) < 4.78 is 18.1. The maximum absolute atomic E-state index is 12.9. The molecular weight excluding hydrogens is 257 g/mol. The van der Waals surface area contributed by atoms with E-state index in [-0.39, 0.29) is 5.82 Å². The van der Waals surface area contributed by atoms with Crippen LogP contribution < -0.4 is 5.73 Å². The summed E-state index contributed by atoms with van der Waals surface area (Å²) in [7, 11) is 0. The summed E-state index contributed by atoms with van der Waals surface area (Å²) in [6.07, 6.45) is 1.72. The second-order valence-corrected chi connectivity index (χ2v) is 5.45. The third-order valence-corrected chi connectivity index (χ3v) is 3.17. The van der Waals surface area contributed by atoms with Gasteiger partial charge in [0, 0.05) is 12.0 Å². The zero-order valence-electron chi connectivity index (χ0n) is 11.8. The normalized spacial score (nSPS) is 12.8. The van der Waals surface area contributed by atoms with E-state index >= 15 is 0 Å². The smallest absolute Gasteiger partial charge is 0.227 e. The first-order valence-corrected chi connectivity index (χ1v) is 6.87. The number of hydrogen-bond acceptors (Lipinski definition) is 4. The van der Waals surface area contributed by atoms with Gasteiger partial charge in [-0.3, -0.25) is 0 Å². The molecule has 0 fully saturated rings. The topological polar surface area (TPSA) is 64.9 Å². The van der Waals surface area contributed by atoms with Crippen molar-refractivity contribution in [3.63, 3.8) is 0 Å². The Balaban J connectivity index is 2.06. The minimum Gasteiger partial charge on any atom is -0.339 e. The van der Waals surface area contributed by atoms with Gasteiger partial charge in [-0.15, -0.1) is 0 Å². The highest BCUT2D eigenvalue weighted by molar-refractivity contribution is 5.53. The van der Waals surface area contributed by atoms with Gasteiger partial charge < -0.3 is 10.3 Å². The van der Waals surface area contributed by atoms with Crippen LogP contribution in [0.2, 0.25) is 0 Å². The Kier molecular flexibility index (Phi) is 4.84. The molecule has 1 aromatic heterocycles. The van der Waals surface area contributed by atoms with E-state index in [0.29, 0.717) is 36.5 Å². The largest absolute Gasteiger partial charge is 0.339 e. The van der Waals surface area contributed by atoms with Crippen molar-refractivity contribution < 1.29 is 8.91 Å². The van der Waals surface area contributed by atoms with Crippen molar-refractivity contribution >= 4 is 0 Å².